The monoisotopic (exact) mass is 222 g/mol. The molecule has 1 aromatic carbocycles. The van der Waals surface area contributed by atoms with Gasteiger partial charge >= 0.3 is 0 Å². The number of aliphatic hydroxyl groups is 1. The van der Waals surface area contributed by atoms with Crippen molar-refractivity contribution in [3.8, 4) is 5.75 Å². The molecule has 16 heavy (non-hydrogen) atoms. The van der Waals surface area contributed by atoms with Crippen LogP contribution in [-0.2, 0) is 4.74 Å². The highest BCUT2D eigenvalue weighted by Crippen LogP contribution is 2.22. The van der Waals surface area contributed by atoms with Crippen LogP contribution in [0, 0.1) is 0 Å². The summed E-state index contributed by atoms with van der Waals surface area (Å²) in [7, 11) is 0. The Hall–Kier alpha value is -1.06. The second kappa shape index (κ2) is 5.32. The summed E-state index contributed by atoms with van der Waals surface area (Å²) in [6.07, 6.45) is 1.69. The van der Waals surface area contributed by atoms with Crippen LogP contribution in [0.15, 0.2) is 24.3 Å². The molecule has 0 spiro atoms. The van der Waals surface area contributed by atoms with E-state index in [9.17, 15) is 5.11 Å². The first-order valence-electron chi connectivity index (χ1n) is 5.78. The number of rotatable bonds is 3. The molecule has 1 unspecified atom stereocenters. The average molecular weight is 222 g/mol. The fraction of sp³-hybridized carbons (Fsp3) is 0.538. The van der Waals surface area contributed by atoms with Gasteiger partial charge in [-0.15, -0.1) is 0 Å². The minimum atomic E-state index is -0.446. The van der Waals surface area contributed by atoms with E-state index in [1.807, 2.05) is 24.3 Å². The maximum Gasteiger partial charge on any atom is 0.120 e. The summed E-state index contributed by atoms with van der Waals surface area (Å²) in [5.74, 6) is 0.838. The third kappa shape index (κ3) is 2.97. The van der Waals surface area contributed by atoms with Gasteiger partial charge in [0.15, 0.2) is 0 Å². The Kier molecular flexibility index (Phi) is 3.80. The molecule has 0 saturated carbocycles. The Labute approximate surface area is 96.0 Å². The van der Waals surface area contributed by atoms with Crippen LogP contribution in [0.25, 0.3) is 0 Å². The molecule has 1 atom stereocenters. The van der Waals surface area contributed by atoms with Gasteiger partial charge in [0.1, 0.15) is 11.9 Å². The van der Waals surface area contributed by atoms with E-state index >= 15 is 0 Å². The standard InChI is InChI=1S/C13H18O3/c1-10(14)11-3-2-4-13(9-11)16-12-5-7-15-8-6-12/h2-4,9-10,12,14H,5-8H2,1H3. The highest BCUT2D eigenvalue weighted by Gasteiger charge is 2.15. The van der Waals surface area contributed by atoms with E-state index in [0.717, 1.165) is 37.4 Å². The van der Waals surface area contributed by atoms with Crippen LogP contribution >= 0.6 is 0 Å². The molecular formula is C13H18O3. The topological polar surface area (TPSA) is 38.7 Å². The van der Waals surface area contributed by atoms with Gasteiger partial charge in [0.05, 0.1) is 19.3 Å². The summed E-state index contributed by atoms with van der Waals surface area (Å²) < 4.78 is 11.1. The Morgan fingerprint density at radius 2 is 2.12 bits per heavy atom. The number of hydrogen-bond acceptors (Lipinski definition) is 3. The van der Waals surface area contributed by atoms with Gasteiger partial charge in [-0.25, -0.2) is 0 Å². The molecule has 0 aromatic heterocycles. The van der Waals surface area contributed by atoms with Crippen LogP contribution in [0.3, 0.4) is 0 Å². The fourth-order valence-electron chi connectivity index (χ4n) is 1.83. The van der Waals surface area contributed by atoms with Crippen molar-refractivity contribution in [2.24, 2.45) is 0 Å². The molecule has 0 aliphatic carbocycles. The van der Waals surface area contributed by atoms with Gasteiger partial charge in [-0.1, -0.05) is 12.1 Å². The molecule has 0 radical (unpaired) electrons. The normalized spacial score (nSPS) is 19.4. The van der Waals surface area contributed by atoms with Gasteiger partial charge in [0, 0.05) is 12.8 Å². The highest BCUT2D eigenvalue weighted by atomic mass is 16.5. The predicted molar refractivity (Wildman–Crippen MR) is 61.5 cm³/mol. The first kappa shape index (κ1) is 11.4. The van der Waals surface area contributed by atoms with Gasteiger partial charge < -0.3 is 14.6 Å². The Bertz CT molecular complexity index is 330. The van der Waals surface area contributed by atoms with Crippen LogP contribution in [0.2, 0.25) is 0 Å². The van der Waals surface area contributed by atoms with Crippen LogP contribution < -0.4 is 4.74 Å². The zero-order valence-electron chi connectivity index (χ0n) is 9.56. The number of hydrogen-bond donors (Lipinski definition) is 1. The minimum absolute atomic E-state index is 0.248. The highest BCUT2D eigenvalue weighted by molar-refractivity contribution is 5.29. The summed E-state index contributed by atoms with van der Waals surface area (Å²) >= 11 is 0. The van der Waals surface area contributed by atoms with Crippen molar-refractivity contribution in [2.45, 2.75) is 32.0 Å². The third-order valence-electron chi connectivity index (χ3n) is 2.81. The maximum absolute atomic E-state index is 9.48. The maximum atomic E-state index is 9.48. The van der Waals surface area contributed by atoms with Gasteiger partial charge in [-0.05, 0) is 24.6 Å². The van der Waals surface area contributed by atoms with E-state index in [0.29, 0.717) is 0 Å². The smallest absolute Gasteiger partial charge is 0.120 e. The third-order valence-corrected chi connectivity index (χ3v) is 2.81. The SMILES string of the molecule is CC(O)c1cccc(OC2CCOCC2)c1. The summed E-state index contributed by atoms with van der Waals surface area (Å²) in [6.45, 7) is 3.31. The van der Waals surface area contributed by atoms with E-state index in [-0.39, 0.29) is 6.10 Å². The van der Waals surface area contributed by atoms with Gasteiger partial charge in [-0.2, -0.15) is 0 Å². The lowest BCUT2D eigenvalue weighted by molar-refractivity contribution is 0.0254. The van der Waals surface area contributed by atoms with Gasteiger partial charge in [0.25, 0.3) is 0 Å². The minimum Gasteiger partial charge on any atom is -0.490 e. The van der Waals surface area contributed by atoms with Crippen LogP contribution in [0.1, 0.15) is 31.4 Å². The van der Waals surface area contributed by atoms with Crippen molar-refractivity contribution >= 4 is 0 Å². The van der Waals surface area contributed by atoms with Crippen molar-refractivity contribution in [3.63, 3.8) is 0 Å². The van der Waals surface area contributed by atoms with Crippen molar-refractivity contribution in [1.82, 2.24) is 0 Å². The molecule has 1 heterocycles. The summed E-state index contributed by atoms with van der Waals surface area (Å²) in [6, 6.07) is 7.65. The van der Waals surface area contributed by atoms with Crippen LogP contribution in [0.5, 0.6) is 5.75 Å². The lowest BCUT2D eigenvalue weighted by Crippen LogP contribution is -2.25. The zero-order valence-corrected chi connectivity index (χ0v) is 9.56. The number of ether oxygens (including phenoxy) is 2. The molecule has 1 fully saturated rings. The fourth-order valence-corrected chi connectivity index (χ4v) is 1.83. The molecule has 0 amide bonds. The lowest BCUT2D eigenvalue weighted by atomic mass is 10.1. The van der Waals surface area contributed by atoms with E-state index in [4.69, 9.17) is 9.47 Å². The summed E-state index contributed by atoms with van der Waals surface area (Å²) in [4.78, 5) is 0. The Morgan fingerprint density at radius 3 is 2.81 bits per heavy atom. The predicted octanol–water partition coefficient (Wildman–Crippen LogP) is 2.30. The molecule has 1 aliphatic heterocycles. The van der Waals surface area contributed by atoms with Gasteiger partial charge in [0.2, 0.25) is 0 Å². The average Bonchev–Trinajstić information content (AvgIpc) is 2.30. The first-order chi connectivity index (χ1) is 7.75. The van der Waals surface area contributed by atoms with E-state index in [2.05, 4.69) is 0 Å². The molecule has 1 aliphatic rings. The van der Waals surface area contributed by atoms with E-state index in [1.54, 1.807) is 6.92 Å². The Morgan fingerprint density at radius 1 is 1.38 bits per heavy atom. The molecule has 2 rings (SSSR count). The van der Waals surface area contributed by atoms with Crippen molar-refractivity contribution in [2.75, 3.05) is 13.2 Å². The van der Waals surface area contributed by atoms with Crippen LogP contribution in [0.4, 0.5) is 0 Å². The number of benzene rings is 1. The second-order valence-corrected chi connectivity index (χ2v) is 4.18. The molecule has 3 nitrogen and oxygen atoms in total. The lowest BCUT2D eigenvalue weighted by Gasteiger charge is -2.23. The molecular weight excluding hydrogens is 204 g/mol. The van der Waals surface area contributed by atoms with Crippen LogP contribution in [-0.4, -0.2) is 24.4 Å². The molecule has 1 aromatic rings. The van der Waals surface area contributed by atoms with E-state index in [1.165, 1.54) is 0 Å². The Balaban J connectivity index is 2.00. The van der Waals surface area contributed by atoms with Gasteiger partial charge in [-0.3, -0.25) is 0 Å². The van der Waals surface area contributed by atoms with Crippen molar-refractivity contribution < 1.29 is 14.6 Å². The summed E-state index contributed by atoms with van der Waals surface area (Å²) in [5, 5.41) is 9.48. The largest absolute Gasteiger partial charge is 0.490 e. The first-order valence-corrected chi connectivity index (χ1v) is 5.78. The van der Waals surface area contributed by atoms with Crippen molar-refractivity contribution in [1.29, 1.82) is 0 Å². The zero-order chi connectivity index (χ0) is 11.4. The molecule has 1 N–H and O–H groups in total. The summed E-state index contributed by atoms with van der Waals surface area (Å²) in [5.41, 5.74) is 0.893. The second-order valence-electron chi connectivity index (χ2n) is 4.18. The molecule has 3 heteroatoms. The quantitative estimate of drug-likeness (QED) is 0.852. The molecule has 1 saturated heterocycles. The van der Waals surface area contributed by atoms with Crippen molar-refractivity contribution in [3.05, 3.63) is 29.8 Å². The number of aliphatic hydroxyl groups excluding tert-OH is 1. The molecule has 0 bridgehead atoms. The van der Waals surface area contributed by atoms with E-state index < -0.39 is 6.10 Å². The molecule has 88 valence electrons.